The highest BCUT2D eigenvalue weighted by Crippen LogP contribution is 2.19. The molecular formula is C20H22FN3O4. The molecule has 28 heavy (non-hydrogen) atoms. The largest absolute Gasteiger partial charge is 0.467 e. The summed E-state index contributed by atoms with van der Waals surface area (Å²) in [6, 6.07) is 8.90. The molecule has 1 aliphatic heterocycles. The number of nitrogens with one attached hydrogen (secondary N) is 2. The van der Waals surface area contributed by atoms with Crippen LogP contribution in [0.15, 0.2) is 47.1 Å². The minimum atomic E-state index is -0.389. The first-order valence-corrected chi connectivity index (χ1v) is 9.14. The molecule has 3 rings (SSSR count). The number of nitrogens with zero attached hydrogens (tertiary/aromatic N) is 1. The zero-order valence-corrected chi connectivity index (χ0v) is 15.3. The van der Waals surface area contributed by atoms with E-state index in [9.17, 15) is 18.8 Å². The number of benzene rings is 1. The maximum absolute atomic E-state index is 13.0. The predicted molar refractivity (Wildman–Crippen MR) is 98.6 cm³/mol. The molecule has 2 aromatic rings. The van der Waals surface area contributed by atoms with Crippen LogP contribution in [0.4, 0.5) is 4.39 Å². The molecule has 0 atom stereocenters. The minimum absolute atomic E-state index is 0.103. The van der Waals surface area contributed by atoms with Gasteiger partial charge in [-0.2, -0.15) is 0 Å². The van der Waals surface area contributed by atoms with Gasteiger partial charge in [-0.3, -0.25) is 14.4 Å². The van der Waals surface area contributed by atoms with Crippen molar-refractivity contribution in [1.82, 2.24) is 15.5 Å². The molecule has 8 heteroatoms. The van der Waals surface area contributed by atoms with Crippen molar-refractivity contribution >= 4 is 17.7 Å². The molecule has 1 aromatic heterocycles. The second-order valence-corrected chi connectivity index (χ2v) is 6.65. The molecule has 1 fully saturated rings. The third-order valence-corrected chi connectivity index (χ3v) is 4.71. The smallest absolute Gasteiger partial charge is 0.253 e. The van der Waals surface area contributed by atoms with Crippen molar-refractivity contribution in [2.45, 2.75) is 19.4 Å². The fraction of sp³-hybridized carbons (Fsp3) is 0.350. The Hall–Kier alpha value is -3.16. The predicted octanol–water partition coefficient (Wildman–Crippen LogP) is 1.70. The molecule has 0 aliphatic carbocycles. The van der Waals surface area contributed by atoms with E-state index in [1.165, 1.54) is 30.5 Å². The average Bonchev–Trinajstić information content (AvgIpc) is 3.24. The fourth-order valence-corrected chi connectivity index (χ4v) is 3.09. The van der Waals surface area contributed by atoms with Gasteiger partial charge in [0.1, 0.15) is 11.6 Å². The molecule has 0 saturated carbocycles. The Morgan fingerprint density at radius 2 is 1.79 bits per heavy atom. The highest BCUT2D eigenvalue weighted by atomic mass is 19.1. The third kappa shape index (κ3) is 5.18. The molecule has 148 valence electrons. The highest BCUT2D eigenvalue weighted by molar-refractivity contribution is 5.94. The summed E-state index contributed by atoms with van der Waals surface area (Å²) in [6.07, 6.45) is 2.57. The number of carbonyl (C=O) groups is 3. The Balaban J connectivity index is 1.39. The van der Waals surface area contributed by atoms with Crippen LogP contribution < -0.4 is 10.6 Å². The van der Waals surface area contributed by atoms with Gasteiger partial charge >= 0.3 is 0 Å². The molecule has 1 aliphatic rings. The number of carbonyl (C=O) groups excluding carboxylic acids is 3. The van der Waals surface area contributed by atoms with Crippen molar-refractivity contribution in [2.75, 3.05) is 19.6 Å². The topological polar surface area (TPSA) is 91.7 Å². The Morgan fingerprint density at radius 1 is 1.07 bits per heavy atom. The Kier molecular flexibility index (Phi) is 6.41. The molecule has 0 radical (unpaired) electrons. The lowest BCUT2D eigenvalue weighted by atomic mass is 9.95. The number of amides is 3. The summed E-state index contributed by atoms with van der Waals surface area (Å²) in [5, 5.41) is 5.30. The van der Waals surface area contributed by atoms with Gasteiger partial charge in [0.05, 0.1) is 19.4 Å². The SMILES string of the molecule is O=C(CNC(=O)C1CCN(C(=O)c2ccc(F)cc2)CC1)NCc1ccco1. The zero-order chi connectivity index (χ0) is 19.9. The monoisotopic (exact) mass is 387 g/mol. The molecule has 2 heterocycles. The van der Waals surface area contributed by atoms with E-state index in [1.807, 2.05) is 0 Å². The molecule has 1 saturated heterocycles. The second-order valence-electron chi connectivity index (χ2n) is 6.65. The molecule has 7 nitrogen and oxygen atoms in total. The first-order valence-electron chi connectivity index (χ1n) is 9.14. The van der Waals surface area contributed by atoms with Gasteiger partial charge in [0.25, 0.3) is 5.91 Å². The van der Waals surface area contributed by atoms with Crippen LogP contribution in [-0.2, 0) is 16.1 Å². The summed E-state index contributed by atoms with van der Waals surface area (Å²) in [6.45, 7) is 1.05. The Bertz CT molecular complexity index is 812. The van der Waals surface area contributed by atoms with Gasteiger partial charge in [0.2, 0.25) is 11.8 Å². The number of piperidine rings is 1. The van der Waals surface area contributed by atoms with Crippen LogP contribution in [0.3, 0.4) is 0 Å². The third-order valence-electron chi connectivity index (χ3n) is 4.71. The van der Waals surface area contributed by atoms with Crippen molar-refractivity contribution in [3.63, 3.8) is 0 Å². The lowest BCUT2D eigenvalue weighted by molar-refractivity contribution is -0.129. The van der Waals surface area contributed by atoms with Crippen LogP contribution >= 0.6 is 0 Å². The summed E-state index contributed by atoms with van der Waals surface area (Å²) in [7, 11) is 0. The van der Waals surface area contributed by atoms with Crippen molar-refractivity contribution in [1.29, 1.82) is 0 Å². The van der Waals surface area contributed by atoms with Crippen molar-refractivity contribution < 1.29 is 23.2 Å². The van der Waals surface area contributed by atoms with Crippen LogP contribution in [0.1, 0.15) is 29.0 Å². The standard InChI is InChI=1S/C20H22FN3O4/c21-16-5-3-15(4-6-16)20(27)24-9-7-14(8-10-24)19(26)23-13-18(25)22-12-17-2-1-11-28-17/h1-6,11,14H,7-10,12-13H2,(H,22,25)(H,23,26). The molecule has 0 spiro atoms. The second kappa shape index (κ2) is 9.16. The van der Waals surface area contributed by atoms with Gasteiger partial charge in [-0.15, -0.1) is 0 Å². The van der Waals surface area contributed by atoms with E-state index in [0.717, 1.165) is 0 Å². The van der Waals surface area contributed by atoms with Gasteiger partial charge in [0, 0.05) is 24.6 Å². The lowest BCUT2D eigenvalue weighted by Crippen LogP contribution is -2.45. The van der Waals surface area contributed by atoms with Crippen molar-refractivity contribution in [3.8, 4) is 0 Å². The minimum Gasteiger partial charge on any atom is -0.467 e. The number of hydrogen-bond acceptors (Lipinski definition) is 4. The van der Waals surface area contributed by atoms with E-state index in [4.69, 9.17) is 4.42 Å². The average molecular weight is 387 g/mol. The highest BCUT2D eigenvalue weighted by Gasteiger charge is 2.28. The number of hydrogen-bond donors (Lipinski definition) is 2. The van der Waals surface area contributed by atoms with E-state index in [0.29, 0.717) is 37.3 Å². The van der Waals surface area contributed by atoms with Crippen molar-refractivity contribution in [3.05, 3.63) is 59.8 Å². The van der Waals surface area contributed by atoms with Crippen molar-refractivity contribution in [2.24, 2.45) is 5.92 Å². The van der Waals surface area contributed by atoms with Gasteiger partial charge in [-0.25, -0.2) is 4.39 Å². The van der Waals surface area contributed by atoms with E-state index in [-0.39, 0.29) is 42.5 Å². The summed E-state index contributed by atoms with van der Waals surface area (Å²) in [5.41, 5.74) is 0.428. The zero-order valence-electron chi connectivity index (χ0n) is 15.3. The normalized spacial score (nSPS) is 14.5. The maximum atomic E-state index is 13.0. The molecule has 3 amide bonds. The number of furan rings is 1. The van der Waals surface area contributed by atoms with Crippen LogP contribution in [-0.4, -0.2) is 42.3 Å². The molecule has 0 unspecified atom stereocenters. The molecule has 0 bridgehead atoms. The molecule has 2 N–H and O–H groups in total. The Morgan fingerprint density at radius 3 is 2.43 bits per heavy atom. The van der Waals surface area contributed by atoms with Crippen LogP contribution in [0, 0.1) is 11.7 Å². The van der Waals surface area contributed by atoms with Crippen LogP contribution in [0.5, 0.6) is 0 Å². The van der Waals surface area contributed by atoms with Crippen LogP contribution in [0.25, 0.3) is 0 Å². The quantitative estimate of drug-likeness (QED) is 0.789. The maximum Gasteiger partial charge on any atom is 0.253 e. The summed E-state index contributed by atoms with van der Waals surface area (Å²) in [5.74, 6) is -0.653. The van der Waals surface area contributed by atoms with Crippen LogP contribution in [0.2, 0.25) is 0 Å². The van der Waals surface area contributed by atoms with Gasteiger partial charge < -0.3 is 20.0 Å². The Labute approximate surface area is 161 Å². The van der Waals surface area contributed by atoms with E-state index >= 15 is 0 Å². The molecule has 1 aromatic carbocycles. The summed E-state index contributed by atoms with van der Waals surface area (Å²) < 4.78 is 18.1. The molecular weight excluding hydrogens is 365 g/mol. The number of rotatable bonds is 6. The first kappa shape index (κ1) is 19.6. The van der Waals surface area contributed by atoms with E-state index in [1.54, 1.807) is 17.0 Å². The van der Waals surface area contributed by atoms with Gasteiger partial charge in [-0.05, 0) is 49.2 Å². The van der Waals surface area contributed by atoms with Gasteiger partial charge in [0.15, 0.2) is 0 Å². The van der Waals surface area contributed by atoms with E-state index in [2.05, 4.69) is 10.6 Å². The first-order chi connectivity index (χ1) is 13.5. The van der Waals surface area contributed by atoms with E-state index < -0.39 is 0 Å². The number of halogens is 1. The number of likely N-dealkylation sites (tertiary alicyclic amines) is 1. The summed E-state index contributed by atoms with van der Waals surface area (Å²) >= 11 is 0. The summed E-state index contributed by atoms with van der Waals surface area (Å²) in [4.78, 5) is 38.1. The fourth-order valence-electron chi connectivity index (χ4n) is 3.09. The lowest BCUT2D eigenvalue weighted by Gasteiger charge is -2.31. The van der Waals surface area contributed by atoms with Gasteiger partial charge in [-0.1, -0.05) is 0 Å².